The average Bonchev–Trinajstić information content (AvgIpc) is 2.82. The Morgan fingerprint density at radius 2 is 1.81 bits per heavy atom. The summed E-state index contributed by atoms with van der Waals surface area (Å²) >= 11 is 0. The largest absolute Gasteiger partial charge is 0.396 e. The van der Waals surface area contributed by atoms with Crippen molar-refractivity contribution in [1.82, 2.24) is 0 Å². The molecule has 9 atom stereocenters. The molecule has 5 fully saturated rings. The zero-order valence-corrected chi connectivity index (χ0v) is 17.3. The predicted octanol–water partition coefficient (Wildman–Crippen LogP) is 3.66. The molecule has 0 radical (unpaired) electrons. The minimum absolute atomic E-state index is 0.0272. The highest BCUT2D eigenvalue weighted by Gasteiger charge is 2.73. The second-order valence-electron chi connectivity index (χ2n) is 11.2. The molecule has 0 unspecified atom stereocenters. The first kappa shape index (κ1) is 18.6. The van der Waals surface area contributed by atoms with Crippen LogP contribution < -0.4 is 0 Å². The van der Waals surface area contributed by atoms with Gasteiger partial charge in [-0.15, -0.1) is 0 Å². The molecule has 5 aliphatic rings. The summed E-state index contributed by atoms with van der Waals surface area (Å²) in [6.45, 7) is 13.1. The molecule has 1 aliphatic heterocycles. The standard InChI is InChI=1S/C23H36O4/c1-13-14-6-7-15-21(4)9-8-17(25)22(5,12-24)16(21)10-18-23(15,11-14)19(13)27-20(2,3)26-18/h14-19,24-25H,1,6-12H2,2-5H3/t14-,15+,16+,17-,18+,19+,21+,22-,23-/m1/s1. The van der Waals surface area contributed by atoms with Crippen molar-refractivity contribution in [1.29, 1.82) is 0 Å². The van der Waals surface area contributed by atoms with Crippen LogP contribution in [-0.2, 0) is 9.47 Å². The van der Waals surface area contributed by atoms with Gasteiger partial charge in [0.05, 0.1) is 24.9 Å². The lowest BCUT2D eigenvalue weighted by atomic mass is 9.39. The highest BCUT2D eigenvalue weighted by Crippen LogP contribution is 2.74. The lowest BCUT2D eigenvalue weighted by molar-refractivity contribution is -0.377. The molecule has 0 aromatic heterocycles. The fourth-order valence-electron chi connectivity index (χ4n) is 8.48. The molecule has 4 nitrogen and oxygen atoms in total. The maximum atomic E-state index is 10.8. The number of hydrogen-bond donors (Lipinski definition) is 2. The van der Waals surface area contributed by atoms with E-state index in [0.717, 1.165) is 25.7 Å². The van der Waals surface area contributed by atoms with Crippen LogP contribution in [0.4, 0.5) is 0 Å². The third-order valence-electron chi connectivity index (χ3n) is 9.73. The van der Waals surface area contributed by atoms with E-state index in [1.165, 1.54) is 18.4 Å². The topological polar surface area (TPSA) is 58.9 Å². The van der Waals surface area contributed by atoms with E-state index >= 15 is 0 Å². The van der Waals surface area contributed by atoms with Crippen LogP contribution in [0.1, 0.15) is 66.2 Å². The number of fused-ring (bicyclic) bond motifs is 3. The molecule has 1 heterocycles. The molecule has 0 amide bonds. The second-order valence-corrected chi connectivity index (χ2v) is 11.2. The van der Waals surface area contributed by atoms with Crippen molar-refractivity contribution in [3.63, 3.8) is 0 Å². The van der Waals surface area contributed by atoms with Gasteiger partial charge in [-0.3, -0.25) is 0 Å². The molecule has 2 bridgehead atoms. The van der Waals surface area contributed by atoms with Crippen molar-refractivity contribution in [3.8, 4) is 0 Å². The smallest absolute Gasteiger partial charge is 0.163 e. The van der Waals surface area contributed by atoms with E-state index in [1.54, 1.807) is 0 Å². The Morgan fingerprint density at radius 3 is 2.52 bits per heavy atom. The maximum absolute atomic E-state index is 10.8. The Labute approximate surface area is 163 Å². The Kier molecular flexibility index (Phi) is 3.71. The summed E-state index contributed by atoms with van der Waals surface area (Å²) in [5.41, 5.74) is 0.971. The van der Waals surface area contributed by atoms with Gasteiger partial charge in [0.25, 0.3) is 0 Å². The van der Waals surface area contributed by atoms with Crippen molar-refractivity contribution in [2.75, 3.05) is 6.61 Å². The lowest BCUT2D eigenvalue weighted by Crippen LogP contribution is -2.70. The summed E-state index contributed by atoms with van der Waals surface area (Å²) in [7, 11) is 0. The summed E-state index contributed by atoms with van der Waals surface area (Å²) in [4.78, 5) is 0. The Morgan fingerprint density at radius 1 is 1.07 bits per heavy atom. The number of ether oxygens (including phenoxy) is 2. The van der Waals surface area contributed by atoms with E-state index in [0.29, 0.717) is 11.8 Å². The molecule has 27 heavy (non-hydrogen) atoms. The quantitative estimate of drug-likeness (QED) is 0.686. The van der Waals surface area contributed by atoms with Gasteiger partial charge in [0.2, 0.25) is 0 Å². The first-order valence-corrected chi connectivity index (χ1v) is 10.9. The molecule has 2 N–H and O–H groups in total. The lowest BCUT2D eigenvalue weighted by Gasteiger charge is -2.69. The van der Waals surface area contributed by atoms with Crippen molar-refractivity contribution in [2.24, 2.45) is 34.0 Å². The summed E-state index contributed by atoms with van der Waals surface area (Å²) in [6.07, 6.45) is 6.01. The zero-order chi connectivity index (χ0) is 19.4. The van der Waals surface area contributed by atoms with Gasteiger partial charge in [0, 0.05) is 10.8 Å². The van der Waals surface area contributed by atoms with E-state index in [-0.39, 0.29) is 35.6 Å². The van der Waals surface area contributed by atoms with Crippen molar-refractivity contribution in [2.45, 2.75) is 90.3 Å². The molecule has 4 aliphatic carbocycles. The van der Waals surface area contributed by atoms with E-state index < -0.39 is 17.3 Å². The van der Waals surface area contributed by atoms with Crippen LogP contribution in [0.25, 0.3) is 0 Å². The van der Waals surface area contributed by atoms with Crippen LogP contribution >= 0.6 is 0 Å². The second kappa shape index (κ2) is 5.38. The molecule has 0 aromatic rings. The number of hydrogen-bond acceptors (Lipinski definition) is 4. The van der Waals surface area contributed by atoms with Crippen LogP contribution in [-0.4, -0.2) is 40.9 Å². The fourth-order valence-corrected chi connectivity index (χ4v) is 8.48. The highest BCUT2D eigenvalue weighted by atomic mass is 16.7. The first-order chi connectivity index (χ1) is 12.6. The normalized spacial score (nSPS) is 58.5. The molecule has 1 saturated heterocycles. The van der Waals surface area contributed by atoms with Gasteiger partial charge in [0.15, 0.2) is 5.79 Å². The summed E-state index contributed by atoms with van der Waals surface area (Å²) in [5, 5.41) is 21.2. The van der Waals surface area contributed by atoms with Crippen LogP contribution in [0.15, 0.2) is 12.2 Å². The molecule has 1 spiro atoms. The third-order valence-corrected chi connectivity index (χ3v) is 9.73. The van der Waals surface area contributed by atoms with Crippen molar-refractivity contribution >= 4 is 0 Å². The number of rotatable bonds is 1. The molecule has 152 valence electrons. The van der Waals surface area contributed by atoms with Gasteiger partial charge in [-0.25, -0.2) is 0 Å². The minimum atomic E-state index is -0.609. The van der Waals surface area contributed by atoms with Gasteiger partial charge < -0.3 is 19.7 Å². The van der Waals surface area contributed by atoms with Gasteiger partial charge in [-0.1, -0.05) is 20.4 Å². The Bertz CT molecular complexity index is 673. The summed E-state index contributed by atoms with van der Waals surface area (Å²) in [6, 6.07) is 0. The minimum Gasteiger partial charge on any atom is -0.396 e. The zero-order valence-electron chi connectivity index (χ0n) is 17.3. The van der Waals surface area contributed by atoms with Gasteiger partial charge >= 0.3 is 0 Å². The van der Waals surface area contributed by atoms with E-state index in [2.05, 4.69) is 20.4 Å². The Balaban J connectivity index is 1.66. The number of aliphatic hydroxyl groups excluding tert-OH is 2. The van der Waals surface area contributed by atoms with Crippen molar-refractivity contribution < 1.29 is 19.7 Å². The SMILES string of the molecule is C=C1[C@@H]2CC[C@H]3[C@]4(C)CC[C@@H](O)[C@](C)(CO)[C@H]4C[C@@H]4OC(C)(C)O[C@@H]1[C@@]43C2. The van der Waals surface area contributed by atoms with Crippen LogP contribution in [0, 0.1) is 34.0 Å². The van der Waals surface area contributed by atoms with Gasteiger partial charge in [-0.05, 0) is 81.1 Å². The van der Waals surface area contributed by atoms with E-state index in [1.807, 2.05) is 13.8 Å². The van der Waals surface area contributed by atoms with Crippen LogP contribution in [0.2, 0.25) is 0 Å². The maximum Gasteiger partial charge on any atom is 0.163 e. The molecule has 4 heteroatoms. The summed E-state index contributed by atoms with van der Waals surface area (Å²) in [5.74, 6) is 0.718. The molecular formula is C23H36O4. The molecule has 0 aromatic carbocycles. The number of aliphatic hydroxyl groups is 2. The van der Waals surface area contributed by atoms with Gasteiger partial charge in [0.1, 0.15) is 0 Å². The molecule has 5 rings (SSSR count). The van der Waals surface area contributed by atoms with Crippen LogP contribution in [0.5, 0.6) is 0 Å². The first-order valence-electron chi connectivity index (χ1n) is 10.9. The highest BCUT2D eigenvalue weighted by molar-refractivity contribution is 5.31. The monoisotopic (exact) mass is 376 g/mol. The average molecular weight is 377 g/mol. The molecule has 4 saturated carbocycles. The molecular weight excluding hydrogens is 340 g/mol. The van der Waals surface area contributed by atoms with E-state index in [9.17, 15) is 10.2 Å². The van der Waals surface area contributed by atoms with Gasteiger partial charge in [-0.2, -0.15) is 0 Å². The third kappa shape index (κ3) is 2.09. The van der Waals surface area contributed by atoms with Crippen molar-refractivity contribution in [3.05, 3.63) is 12.2 Å². The fraction of sp³-hybridized carbons (Fsp3) is 0.913. The van der Waals surface area contributed by atoms with E-state index in [4.69, 9.17) is 9.47 Å². The predicted molar refractivity (Wildman–Crippen MR) is 103 cm³/mol. The summed E-state index contributed by atoms with van der Waals surface area (Å²) < 4.78 is 13.2. The van der Waals surface area contributed by atoms with Crippen LogP contribution in [0.3, 0.4) is 0 Å². The Hall–Kier alpha value is -0.420.